The standard InChI is InChI=1S/C27H28FN3O2/c1-5-17(2)24-15-23(31-26(18(24)3)19-6-9-22(28)10-7-19)12-13-30-27(32)20-8-11-25(33-4)21(14-20)16-29/h6-11,14-15,17H,5,12-13H2,1-4H3,(H,30,32). The highest BCUT2D eigenvalue weighted by Crippen LogP contribution is 2.30. The van der Waals surface area contributed by atoms with E-state index in [4.69, 9.17) is 9.72 Å². The number of halogens is 1. The third-order valence-corrected chi connectivity index (χ3v) is 5.88. The second-order valence-electron chi connectivity index (χ2n) is 8.03. The van der Waals surface area contributed by atoms with Crippen molar-refractivity contribution < 1.29 is 13.9 Å². The quantitative estimate of drug-likeness (QED) is 0.492. The van der Waals surface area contributed by atoms with Crippen LogP contribution in [0.5, 0.6) is 5.75 Å². The highest BCUT2D eigenvalue weighted by atomic mass is 19.1. The molecule has 2 aromatic carbocycles. The van der Waals surface area contributed by atoms with E-state index < -0.39 is 0 Å². The number of pyridine rings is 1. The van der Waals surface area contributed by atoms with Gasteiger partial charge in [0.05, 0.1) is 18.4 Å². The Hall–Kier alpha value is -3.72. The number of nitrogens with zero attached hydrogens (tertiary/aromatic N) is 2. The van der Waals surface area contributed by atoms with Crippen molar-refractivity contribution in [2.45, 2.75) is 39.5 Å². The van der Waals surface area contributed by atoms with E-state index in [1.165, 1.54) is 30.9 Å². The second-order valence-corrected chi connectivity index (χ2v) is 8.03. The van der Waals surface area contributed by atoms with Crippen LogP contribution in [0.4, 0.5) is 4.39 Å². The second kappa shape index (κ2) is 10.7. The molecule has 0 aliphatic rings. The molecule has 0 bridgehead atoms. The van der Waals surface area contributed by atoms with Crippen molar-refractivity contribution in [1.82, 2.24) is 10.3 Å². The minimum absolute atomic E-state index is 0.262. The van der Waals surface area contributed by atoms with Gasteiger partial charge in [0.2, 0.25) is 0 Å². The molecule has 3 rings (SSSR count). The van der Waals surface area contributed by atoms with Gasteiger partial charge < -0.3 is 10.1 Å². The SMILES string of the molecule is CCC(C)c1cc(CCNC(=O)c2ccc(OC)c(C#N)c2)nc(-c2ccc(F)cc2)c1C. The topological polar surface area (TPSA) is 75.0 Å². The number of benzene rings is 2. The zero-order chi connectivity index (χ0) is 24.0. The Morgan fingerprint density at radius 1 is 1.21 bits per heavy atom. The van der Waals surface area contributed by atoms with Crippen LogP contribution >= 0.6 is 0 Å². The maximum absolute atomic E-state index is 13.4. The lowest BCUT2D eigenvalue weighted by atomic mass is 9.91. The number of nitriles is 1. The van der Waals surface area contributed by atoms with Crippen molar-refractivity contribution in [3.63, 3.8) is 0 Å². The van der Waals surface area contributed by atoms with Gasteiger partial charge in [-0.3, -0.25) is 9.78 Å². The van der Waals surface area contributed by atoms with Gasteiger partial charge in [0.25, 0.3) is 5.91 Å². The Morgan fingerprint density at radius 2 is 1.94 bits per heavy atom. The van der Waals surface area contributed by atoms with Crippen LogP contribution < -0.4 is 10.1 Å². The lowest BCUT2D eigenvalue weighted by molar-refractivity contribution is 0.0954. The number of hydrogen-bond acceptors (Lipinski definition) is 4. The molecule has 0 aliphatic carbocycles. The van der Waals surface area contributed by atoms with Crippen LogP contribution in [-0.2, 0) is 6.42 Å². The minimum Gasteiger partial charge on any atom is -0.495 e. The maximum atomic E-state index is 13.4. The van der Waals surface area contributed by atoms with Crippen LogP contribution in [0.2, 0.25) is 0 Å². The summed E-state index contributed by atoms with van der Waals surface area (Å²) in [6.07, 6.45) is 1.54. The number of amides is 1. The molecule has 6 heteroatoms. The molecular weight excluding hydrogens is 417 g/mol. The molecule has 0 fully saturated rings. The third-order valence-electron chi connectivity index (χ3n) is 5.88. The van der Waals surface area contributed by atoms with Gasteiger partial charge in [-0.05, 0) is 78.9 Å². The Bertz CT molecular complexity index is 1180. The predicted octanol–water partition coefficient (Wildman–Crippen LogP) is 5.56. The molecule has 170 valence electrons. The van der Waals surface area contributed by atoms with Crippen LogP contribution in [0, 0.1) is 24.1 Å². The molecule has 0 radical (unpaired) electrons. The number of ether oxygens (including phenoxy) is 1. The van der Waals surface area contributed by atoms with Crippen molar-refractivity contribution in [2.24, 2.45) is 0 Å². The molecule has 1 amide bonds. The monoisotopic (exact) mass is 445 g/mol. The van der Waals surface area contributed by atoms with Gasteiger partial charge >= 0.3 is 0 Å². The van der Waals surface area contributed by atoms with Gasteiger partial charge in [0, 0.05) is 29.8 Å². The third kappa shape index (κ3) is 5.56. The molecule has 0 saturated carbocycles. The van der Waals surface area contributed by atoms with Crippen molar-refractivity contribution in [1.29, 1.82) is 5.26 Å². The average molecular weight is 446 g/mol. The summed E-state index contributed by atoms with van der Waals surface area (Å²) in [7, 11) is 1.48. The van der Waals surface area contributed by atoms with Gasteiger partial charge in [-0.25, -0.2) is 4.39 Å². The van der Waals surface area contributed by atoms with E-state index in [9.17, 15) is 14.4 Å². The lowest BCUT2D eigenvalue weighted by Crippen LogP contribution is -2.26. The van der Waals surface area contributed by atoms with Crippen LogP contribution in [0.15, 0.2) is 48.5 Å². The molecule has 1 unspecified atom stereocenters. The van der Waals surface area contributed by atoms with Crippen LogP contribution in [0.25, 0.3) is 11.3 Å². The average Bonchev–Trinajstić information content (AvgIpc) is 2.84. The zero-order valence-electron chi connectivity index (χ0n) is 19.4. The summed E-state index contributed by atoms with van der Waals surface area (Å²) in [6, 6.07) is 15.3. The normalized spacial score (nSPS) is 11.5. The van der Waals surface area contributed by atoms with Crippen molar-refractivity contribution >= 4 is 5.91 Å². The molecule has 1 aromatic heterocycles. The number of carbonyl (C=O) groups is 1. The minimum atomic E-state index is -0.282. The Morgan fingerprint density at radius 3 is 2.58 bits per heavy atom. The number of hydrogen-bond donors (Lipinski definition) is 1. The smallest absolute Gasteiger partial charge is 0.251 e. The summed E-state index contributed by atoms with van der Waals surface area (Å²) in [5.74, 6) is 0.241. The van der Waals surface area contributed by atoms with E-state index in [0.29, 0.717) is 35.8 Å². The molecule has 0 spiro atoms. The first-order valence-corrected chi connectivity index (χ1v) is 11.0. The summed E-state index contributed by atoms with van der Waals surface area (Å²) in [5, 5.41) is 12.1. The Kier molecular flexibility index (Phi) is 7.78. The van der Waals surface area contributed by atoms with E-state index in [-0.39, 0.29) is 11.7 Å². The fourth-order valence-electron chi connectivity index (χ4n) is 3.78. The first-order chi connectivity index (χ1) is 15.9. The van der Waals surface area contributed by atoms with Gasteiger partial charge in [-0.1, -0.05) is 13.8 Å². The van der Waals surface area contributed by atoms with Crippen molar-refractivity contribution in [3.8, 4) is 23.1 Å². The Labute approximate surface area is 194 Å². The van der Waals surface area contributed by atoms with Gasteiger partial charge in [-0.15, -0.1) is 0 Å². The molecule has 33 heavy (non-hydrogen) atoms. The largest absolute Gasteiger partial charge is 0.495 e. The molecular formula is C27H28FN3O2. The molecule has 5 nitrogen and oxygen atoms in total. The fraction of sp³-hybridized carbons (Fsp3) is 0.296. The zero-order valence-corrected chi connectivity index (χ0v) is 19.4. The molecule has 1 N–H and O–H groups in total. The Balaban J connectivity index is 1.80. The van der Waals surface area contributed by atoms with Gasteiger partial charge in [0.15, 0.2) is 0 Å². The van der Waals surface area contributed by atoms with Crippen LogP contribution in [0.3, 0.4) is 0 Å². The van der Waals surface area contributed by atoms with E-state index >= 15 is 0 Å². The van der Waals surface area contributed by atoms with Crippen LogP contribution in [0.1, 0.15) is 58.9 Å². The summed E-state index contributed by atoms with van der Waals surface area (Å²) < 4.78 is 18.6. The molecule has 0 aliphatic heterocycles. The fourth-order valence-corrected chi connectivity index (χ4v) is 3.78. The summed E-state index contributed by atoms with van der Waals surface area (Å²) in [4.78, 5) is 17.4. The van der Waals surface area contributed by atoms with Gasteiger partial charge in [-0.2, -0.15) is 5.26 Å². The number of aromatic nitrogens is 1. The number of methoxy groups -OCH3 is 1. The lowest BCUT2D eigenvalue weighted by Gasteiger charge is -2.18. The predicted molar refractivity (Wildman–Crippen MR) is 127 cm³/mol. The highest BCUT2D eigenvalue weighted by molar-refractivity contribution is 5.94. The number of rotatable bonds is 8. The summed E-state index contributed by atoms with van der Waals surface area (Å²) in [6.45, 7) is 6.77. The number of carbonyl (C=O) groups excluding carboxylic acids is 1. The van der Waals surface area contributed by atoms with E-state index in [2.05, 4.69) is 32.2 Å². The summed E-state index contributed by atoms with van der Waals surface area (Å²) in [5.41, 5.74) is 5.58. The van der Waals surface area contributed by atoms with Crippen LogP contribution in [-0.4, -0.2) is 24.5 Å². The first kappa shape index (κ1) is 23.9. The van der Waals surface area contributed by atoms with Crippen molar-refractivity contribution in [3.05, 3.63) is 82.3 Å². The summed E-state index contributed by atoms with van der Waals surface area (Å²) >= 11 is 0. The van der Waals surface area contributed by atoms with E-state index in [0.717, 1.165) is 28.9 Å². The number of nitrogens with one attached hydrogen (secondary N) is 1. The van der Waals surface area contributed by atoms with E-state index in [1.807, 2.05) is 6.07 Å². The first-order valence-electron chi connectivity index (χ1n) is 11.0. The van der Waals surface area contributed by atoms with E-state index in [1.54, 1.807) is 24.3 Å². The molecule has 0 saturated heterocycles. The molecule has 3 aromatic rings. The molecule has 1 heterocycles. The maximum Gasteiger partial charge on any atom is 0.251 e. The van der Waals surface area contributed by atoms with Gasteiger partial charge in [0.1, 0.15) is 17.6 Å². The molecule has 1 atom stereocenters. The van der Waals surface area contributed by atoms with Crippen molar-refractivity contribution in [2.75, 3.05) is 13.7 Å². The highest BCUT2D eigenvalue weighted by Gasteiger charge is 2.16.